The molecule has 0 bridgehead atoms. The van der Waals surface area contributed by atoms with Gasteiger partial charge in [0, 0.05) is 16.0 Å². The fourth-order valence-corrected chi connectivity index (χ4v) is 2.96. The van der Waals surface area contributed by atoms with Crippen molar-refractivity contribution in [3.8, 4) is 0 Å². The van der Waals surface area contributed by atoms with E-state index in [-0.39, 0.29) is 0 Å². The number of hydrogen-bond acceptors (Lipinski definition) is 1. The maximum Gasteiger partial charge on any atom is 0.0417 e. The lowest BCUT2D eigenvalue weighted by Crippen LogP contribution is -2.28. The fourth-order valence-electron chi connectivity index (χ4n) is 1.95. The summed E-state index contributed by atoms with van der Waals surface area (Å²) in [7, 11) is 0. The molecule has 1 aromatic carbocycles. The highest BCUT2D eigenvalue weighted by atomic mass is 79.9. The molecule has 1 fully saturated rings. The molecule has 1 saturated heterocycles. The normalized spacial score (nSPS) is 22.3. The first kappa shape index (κ1) is 10.5. The summed E-state index contributed by atoms with van der Waals surface area (Å²) in [6.45, 7) is 2.24. The average Bonchev–Trinajstić information content (AvgIpc) is 2.19. The molecule has 3 heteroatoms. The van der Waals surface area contributed by atoms with Crippen LogP contribution in [0.4, 0.5) is 0 Å². The van der Waals surface area contributed by atoms with E-state index in [0.717, 1.165) is 22.6 Å². The quantitative estimate of drug-likeness (QED) is 0.825. The van der Waals surface area contributed by atoms with Gasteiger partial charge < -0.3 is 5.32 Å². The lowest BCUT2D eigenvalue weighted by atomic mass is 9.92. The zero-order valence-electron chi connectivity index (χ0n) is 7.89. The van der Waals surface area contributed by atoms with Crippen LogP contribution < -0.4 is 5.32 Å². The molecule has 1 atom stereocenters. The SMILES string of the molecule is Clc1ccc([C@H]2CCCNC2)c(Br)c1. The van der Waals surface area contributed by atoms with Gasteiger partial charge in [-0.1, -0.05) is 33.6 Å². The standard InChI is InChI=1S/C11H13BrClN/c12-11-6-9(13)3-4-10(11)8-2-1-5-14-7-8/h3-4,6,8,14H,1-2,5,7H2/t8-/m0/s1. The highest BCUT2D eigenvalue weighted by Gasteiger charge is 2.17. The van der Waals surface area contributed by atoms with Crippen molar-refractivity contribution in [2.45, 2.75) is 18.8 Å². The minimum Gasteiger partial charge on any atom is -0.316 e. The molecule has 1 aliphatic heterocycles. The molecule has 0 aromatic heterocycles. The number of rotatable bonds is 1. The molecule has 1 N–H and O–H groups in total. The Hall–Kier alpha value is -0.0500. The molecular formula is C11H13BrClN. The van der Waals surface area contributed by atoms with E-state index < -0.39 is 0 Å². The van der Waals surface area contributed by atoms with Crippen molar-refractivity contribution >= 4 is 27.5 Å². The molecule has 0 radical (unpaired) electrons. The van der Waals surface area contributed by atoms with Gasteiger partial charge in [0.25, 0.3) is 0 Å². The summed E-state index contributed by atoms with van der Waals surface area (Å²) in [6, 6.07) is 6.08. The van der Waals surface area contributed by atoms with Crippen molar-refractivity contribution < 1.29 is 0 Å². The smallest absolute Gasteiger partial charge is 0.0417 e. The molecule has 1 aliphatic rings. The number of nitrogens with one attached hydrogen (secondary N) is 1. The summed E-state index contributed by atoms with van der Waals surface area (Å²) in [5.74, 6) is 0.635. The Morgan fingerprint density at radius 2 is 2.29 bits per heavy atom. The lowest BCUT2D eigenvalue weighted by Gasteiger charge is -2.24. The van der Waals surface area contributed by atoms with Gasteiger partial charge in [-0.15, -0.1) is 0 Å². The van der Waals surface area contributed by atoms with Crippen LogP contribution in [0, 0.1) is 0 Å². The maximum atomic E-state index is 5.91. The van der Waals surface area contributed by atoms with E-state index in [1.165, 1.54) is 18.4 Å². The molecule has 0 unspecified atom stereocenters. The van der Waals surface area contributed by atoms with Crippen LogP contribution in [0.25, 0.3) is 0 Å². The van der Waals surface area contributed by atoms with Crippen LogP contribution in [0.2, 0.25) is 5.02 Å². The number of benzene rings is 1. The van der Waals surface area contributed by atoms with Crippen molar-refractivity contribution in [1.29, 1.82) is 0 Å². The van der Waals surface area contributed by atoms with Crippen molar-refractivity contribution in [3.05, 3.63) is 33.3 Å². The summed E-state index contributed by atoms with van der Waals surface area (Å²) < 4.78 is 1.14. The van der Waals surface area contributed by atoms with Gasteiger partial charge in [-0.25, -0.2) is 0 Å². The molecule has 1 aromatic rings. The molecule has 0 amide bonds. The van der Waals surface area contributed by atoms with Crippen LogP contribution in [0.5, 0.6) is 0 Å². The summed E-state index contributed by atoms with van der Waals surface area (Å²) in [5.41, 5.74) is 1.38. The molecule has 76 valence electrons. The summed E-state index contributed by atoms with van der Waals surface area (Å²) in [4.78, 5) is 0. The van der Waals surface area contributed by atoms with Gasteiger partial charge in [0.05, 0.1) is 0 Å². The summed E-state index contributed by atoms with van der Waals surface area (Å²) in [6.07, 6.45) is 2.53. The molecule has 0 saturated carbocycles. The van der Waals surface area contributed by atoms with Crippen LogP contribution in [-0.4, -0.2) is 13.1 Å². The average molecular weight is 275 g/mol. The van der Waals surface area contributed by atoms with E-state index >= 15 is 0 Å². The van der Waals surface area contributed by atoms with E-state index in [9.17, 15) is 0 Å². The molecule has 1 nitrogen and oxygen atoms in total. The zero-order chi connectivity index (χ0) is 9.97. The van der Waals surface area contributed by atoms with Gasteiger partial charge >= 0.3 is 0 Å². The van der Waals surface area contributed by atoms with E-state index in [1.807, 2.05) is 12.1 Å². The second-order valence-electron chi connectivity index (χ2n) is 3.71. The van der Waals surface area contributed by atoms with Crippen LogP contribution in [0.15, 0.2) is 22.7 Å². The Labute approximate surface area is 98.0 Å². The van der Waals surface area contributed by atoms with Gasteiger partial charge in [0.1, 0.15) is 0 Å². The molecule has 2 rings (SSSR count). The van der Waals surface area contributed by atoms with E-state index in [2.05, 4.69) is 27.3 Å². The Morgan fingerprint density at radius 1 is 1.43 bits per heavy atom. The predicted octanol–water partition coefficient (Wildman–Crippen LogP) is 3.57. The van der Waals surface area contributed by atoms with Crippen molar-refractivity contribution in [1.82, 2.24) is 5.32 Å². The molecule has 0 spiro atoms. The third-order valence-corrected chi connectivity index (χ3v) is 3.62. The summed E-state index contributed by atoms with van der Waals surface area (Å²) in [5, 5.41) is 4.22. The van der Waals surface area contributed by atoms with Crippen LogP contribution in [0.1, 0.15) is 24.3 Å². The Kier molecular flexibility index (Phi) is 3.47. The molecule has 14 heavy (non-hydrogen) atoms. The number of hydrogen-bond donors (Lipinski definition) is 1. The van der Waals surface area contributed by atoms with E-state index in [4.69, 9.17) is 11.6 Å². The first-order chi connectivity index (χ1) is 6.77. The minimum atomic E-state index is 0.635. The third kappa shape index (κ3) is 2.30. The van der Waals surface area contributed by atoms with Crippen molar-refractivity contribution in [2.24, 2.45) is 0 Å². The van der Waals surface area contributed by atoms with Gasteiger partial charge in [-0.3, -0.25) is 0 Å². The first-order valence-corrected chi connectivity index (χ1v) is 6.10. The third-order valence-electron chi connectivity index (χ3n) is 2.70. The minimum absolute atomic E-state index is 0.635. The maximum absolute atomic E-state index is 5.91. The van der Waals surface area contributed by atoms with Crippen LogP contribution in [-0.2, 0) is 0 Å². The Balaban J connectivity index is 2.22. The molecule has 1 heterocycles. The van der Waals surface area contributed by atoms with Gasteiger partial charge in [0.2, 0.25) is 0 Å². The fraction of sp³-hybridized carbons (Fsp3) is 0.455. The van der Waals surface area contributed by atoms with Crippen LogP contribution >= 0.6 is 27.5 Å². The second-order valence-corrected chi connectivity index (χ2v) is 5.00. The summed E-state index contributed by atoms with van der Waals surface area (Å²) >= 11 is 9.48. The van der Waals surface area contributed by atoms with Gasteiger partial charge in [0.15, 0.2) is 0 Å². The van der Waals surface area contributed by atoms with Gasteiger partial charge in [-0.05, 0) is 43.0 Å². The molecule has 0 aliphatic carbocycles. The topological polar surface area (TPSA) is 12.0 Å². The number of piperidine rings is 1. The second kappa shape index (κ2) is 4.65. The number of halogens is 2. The van der Waals surface area contributed by atoms with E-state index in [1.54, 1.807) is 0 Å². The predicted molar refractivity (Wildman–Crippen MR) is 64.0 cm³/mol. The zero-order valence-corrected chi connectivity index (χ0v) is 10.2. The monoisotopic (exact) mass is 273 g/mol. The van der Waals surface area contributed by atoms with Crippen molar-refractivity contribution in [2.75, 3.05) is 13.1 Å². The first-order valence-electron chi connectivity index (χ1n) is 4.93. The van der Waals surface area contributed by atoms with Crippen molar-refractivity contribution in [3.63, 3.8) is 0 Å². The molecular weight excluding hydrogens is 261 g/mol. The Morgan fingerprint density at radius 3 is 2.93 bits per heavy atom. The lowest BCUT2D eigenvalue weighted by molar-refractivity contribution is 0.460. The largest absolute Gasteiger partial charge is 0.316 e. The van der Waals surface area contributed by atoms with E-state index in [0.29, 0.717) is 5.92 Å². The highest BCUT2D eigenvalue weighted by molar-refractivity contribution is 9.10. The Bertz CT molecular complexity index is 321. The highest BCUT2D eigenvalue weighted by Crippen LogP contribution is 2.31. The van der Waals surface area contributed by atoms with Gasteiger partial charge in [-0.2, -0.15) is 0 Å². The van der Waals surface area contributed by atoms with Crippen LogP contribution in [0.3, 0.4) is 0 Å².